The highest BCUT2D eigenvalue weighted by molar-refractivity contribution is 5.25. The number of nitrogens with zero attached hydrogens (tertiary/aromatic N) is 3. The van der Waals surface area contributed by atoms with Gasteiger partial charge in [-0.15, -0.1) is 0 Å². The Morgan fingerprint density at radius 1 is 1.33 bits per heavy atom. The summed E-state index contributed by atoms with van der Waals surface area (Å²) in [6.45, 7) is 12.6. The van der Waals surface area contributed by atoms with Crippen LogP contribution in [0.5, 0.6) is 0 Å². The molecule has 0 saturated carbocycles. The summed E-state index contributed by atoms with van der Waals surface area (Å²) in [5.74, 6) is 0. The van der Waals surface area contributed by atoms with Crippen LogP contribution in [0.4, 0.5) is 0 Å². The molecule has 0 bridgehead atoms. The second-order valence-electron chi connectivity index (χ2n) is 7.09. The summed E-state index contributed by atoms with van der Waals surface area (Å²) in [7, 11) is 1.75. The van der Waals surface area contributed by atoms with Crippen molar-refractivity contribution in [2.45, 2.75) is 65.3 Å². The van der Waals surface area contributed by atoms with Gasteiger partial charge >= 0.3 is 0 Å². The zero-order valence-electron chi connectivity index (χ0n) is 14.2. The average Bonchev–Trinajstić information content (AvgIpc) is 2.93. The van der Waals surface area contributed by atoms with Gasteiger partial charge in [-0.2, -0.15) is 5.10 Å². The predicted molar refractivity (Wildman–Crippen MR) is 83.4 cm³/mol. The minimum atomic E-state index is -0.0104. The molecule has 0 unspecified atom stereocenters. The standard InChI is InChI=1S/C16H29N3O2/c1-11-15(12(2)19(17-11)16(3,4)5)9-18-8-14(21-6)7-13(18)10-20/h13-14,20H,7-10H2,1-6H3/t13-,14-/m0/s1. The summed E-state index contributed by atoms with van der Waals surface area (Å²) in [5.41, 5.74) is 3.57. The first-order valence-corrected chi connectivity index (χ1v) is 7.71. The maximum Gasteiger partial charge on any atom is 0.0714 e. The van der Waals surface area contributed by atoms with E-state index in [4.69, 9.17) is 9.84 Å². The Labute approximate surface area is 127 Å². The van der Waals surface area contributed by atoms with Crippen LogP contribution in [0.2, 0.25) is 0 Å². The molecule has 5 nitrogen and oxygen atoms in total. The van der Waals surface area contributed by atoms with E-state index >= 15 is 0 Å². The monoisotopic (exact) mass is 295 g/mol. The summed E-state index contributed by atoms with van der Waals surface area (Å²) >= 11 is 0. The number of aryl methyl sites for hydroxylation is 1. The van der Waals surface area contributed by atoms with E-state index in [0.717, 1.165) is 25.2 Å². The Balaban J connectivity index is 2.22. The van der Waals surface area contributed by atoms with Gasteiger partial charge < -0.3 is 9.84 Å². The van der Waals surface area contributed by atoms with Gasteiger partial charge in [-0.25, -0.2) is 0 Å². The molecular formula is C16H29N3O2. The number of rotatable bonds is 4. The second-order valence-corrected chi connectivity index (χ2v) is 7.09. The lowest BCUT2D eigenvalue weighted by atomic mass is 10.1. The second kappa shape index (κ2) is 6.07. The van der Waals surface area contributed by atoms with Gasteiger partial charge in [-0.3, -0.25) is 9.58 Å². The highest BCUT2D eigenvalue weighted by atomic mass is 16.5. The number of likely N-dealkylation sites (tertiary alicyclic amines) is 1. The van der Waals surface area contributed by atoms with E-state index in [1.807, 2.05) is 0 Å². The van der Waals surface area contributed by atoms with Gasteiger partial charge in [0.2, 0.25) is 0 Å². The first-order valence-electron chi connectivity index (χ1n) is 7.71. The minimum Gasteiger partial charge on any atom is -0.395 e. The third-order valence-corrected chi connectivity index (χ3v) is 4.47. The summed E-state index contributed by atoms with van der Waals surface area (Å²) in [5, 5.41) is 14.3. The van der Waals surface area contributed by atoms with Gasteiger partial charge in [-0.05, 0) is 41.0 Å². The summed E-state index contributed by atoms with van der Waals surface area (Å²) in [6.07, 6.45) is 1.12. The minimum absolute atomic E-state index is 0.0104. The van der Waals surface area contributed by atoms with Crippen molar-refractivity contribution in [3.8, 4) is 0 Å². The predicted octanol–water partition coefficient (Wildman–Crippen LogP) is 1.84. The molecule has 1 saturated heterocycles. The van der Waals surface area contributed by atoms with Crippen LogP contribution in [0, 0.1) is 13.8 Å². The first-order chi connectivity index (χ1) is 9.77. The fourth-order valence-electron chi connectivity index (χ4n) is 3.25. The van der Waals surface area contributed by atoms with Crippen LogP contribution in [0.25, 0.3) is 0 Å². The zero-order chi connectivity index (χ0) is 15.8. The van der Waals surface area contributed by atoms with Crippen molar-refractivity contribution < 1.29 is 9.84 Å². The molecular weight excluding hydrogens is 266 g/mol. The van der Waals surface area contributed by atoms with Gasteiger partial charge in [0.25, 0.3) is 0 Å². The lowest BCUT2D eigenvalue weighted by Crippen LogP contribution is -2.32. The summed E-state index contributed by atoms with van der Waals surface area (Å²) < 4.78 is 7.56. The van der Waals surface area contributed by atoms with E-state index in [1.165, 1.54) is 11.3 Å². The molecule has 2 rings (SSSR count). The van der Waals surface area contributed by atoms with Crippen LogP contribution in [-0.2, 0) is 16.8 Å². The Hall–Kier alpha value is -0.910. The van der Waals surface area contributed by atoms with Crippen LogP contribution < -0.4 is 0 Å². The molecule has 1 aromatic rings. The Bertz CT molecular complexity index is 490. The number of hydrogen-bond donors (Lipinski definition) is 1. The van der Waals surface area contributed by atoms with Crippen molar-refractivity contribution in [2.24, 2.45) is 0 Å². The Morgan fingerprint density at radius 3 is 2.48 bits per heavy atom. The molecule has 1 fully saturated rings. The molecule has 120 valence electrons. The molecule has 0 spiro atoms. The molecule has 1 aliphatic rings. The van der Waals surface area contributed by atoms with E-state index in [9.17, 15) is 5.11 Å². The fraction of sp³-hybridized carbons (Fsp3) is 0.812. The normalized spacial score (nSPS) is 24.0. The van der Waals surface area contributed by atoms with Gasteiger partial charge in [0.15, 0.2) is 0 Å². The smallest absolute Gasteiger partial charge is 0.0714 e. The summed E-state index contributed by atoms with van der Waals surface area (Å²) in [4.78, 5) is 2.32. The van der Waals surface area contributed by atoms with Crippen molar-refractivity contribution in [3.63, 3.8) is 0 Å². The Kier molecular flexibility index (Phi) is 4.76. The van der Waals surface area contributed by atoms with E-state index in [0.29, 0.717) is 0 Å². The number of ether oxygens (including phenoxy) is 1. The van der Waals surface area contributed by atoms with Crippen molar-refractivity contribution in [3.05, 3.63) is 17.0 Å². The van der Waals surface area contributed by atoms with Crippen LogP contribution in [0.15, 0.2) is 0 Å². The third kappa shape index (κ3) is 3.30. The van der Waals surface area contributed by atoms with Crippen molar-refractivity contribution >= 4 is 0 Å². The van der Waals surface area contributed by atoms with E-state index in [1.54, 1.807) is 7.11 Å². The van der Waals surface area contributed by atoms with E-state index in [-0.39, 0.29) is 24.3 Å². The lowest BCUT2D eigenvalue weighted by molar-refractivity contribution is 0.107. The SMILES string of the molecule is CO[C@H]1C[C@@H](CO)N(Cc2c(C)nn(C(C)(C)C)c2C)C1. The molecule has 0 aromatic carbocycles. The number of aromatic nitrogens is 2. The molecule has 2 heterocycles. The molecule has 1 N–H and O–H groups in total. The zero-order valence-corrected chi connectivity index (χ0v) is 14.2. The largest absolute Gasteiger partial charge is 0.395 e. The van der Waals surface area contributed by atoms with Gasteiger partial charge in [-0.1, -0.05) is 0 Å². The molecule has 2 atom stereocenters. The molecule has 0 radical (unpaired) electrons. The number of methoxy groups -OCH3 is 1. The molecule has 21 heavy (non-hydrogen) atoms. The maximum absolute atomic E-state index is 9.58. The Morgan fingerprint density at radius 2 is 2.00 bits per heavy atom. The van der Waals surface area contributed by atoms with Crippen LogP contribution in [-0.4, -0.2) is 52.2 Å². The number of aliphatic hydroxyl groups is 1. The molecule has 0 amide bonds. The third-order valence-electron chi connectivity index (χ3n) is 4.47. The molecule has 1 aliphatic heterocycles. The van der Waals surface area contributed by atoms with Crippen LogP contribution in [0.1, 0.15) is 44.1 Å². The van der Waals surface area contributed by atoms with Gasteiger partial charge in [0.1, 0.15) is 0 Å². The van der Waals surface area contributed by atoms with Crippen molar-refractivity contribution in [2.75, 3.05) is 20.3 Å². The number of hydrogen-bond acceptors (Lipinski definition) is 4. The maximum atomic E-state index is 9.58. The van der Waals surface area contributed by atoms with Crippen LogP contribution >= 0.6 is 0 Å². The summed E-state index contributed by atoms with van der Waals surface area (Å²) in [6, 6.07) is 0.187. The number of aliphatic hydroxyl groups excluding tert-OH is 1. The van der Waals surface area contributed by atoms with E-state index in [2.05, 4.69) is 44.2 Å². The lowest BCUT2D eigenvalue weighted by Gasteiger charge is -2.24. The van der Waals surface area contributed by atoms with Gasteiger partial charge in [0.05, 0.1) is 23.9 Å². The van der Waals surface area contributed by atoms with Crippen molar-refractivity contribution in [1.82, 2.24) is 14.7 Å². The van der Waals surface area contributed by atoms with Gasteiger partial charge in [0, 0.05) is 37.5 Å². The fourth-order valence-corrected chi connectivity index (χ4v) is 3.25. The highest BCUT2D eigenvalue weighted by Gasteiger charge is 2.33. The molecule has 5 heteroatoms. The molecule has 0 aliphatic carbocycles. The average molecular weight is 295 g/mol. The van der Waals surface area contributed by atoms with Crippen LogP contribution in [0.3, 0.4) is 0 Å². The van der Waals surface area contributed by atoms with Crippen molar-refractivity contribution in [1.29, 1.82) is 0 Å². The molecule has 1 aromatic heterocycles. The quantitative estimate of drug-likeness (QED) is 0.921. The first kappa shape index (κ1) is 16.5. The topological polar surface area (TPSA) is 50.5 Å². The van der Waals surface area contributed by atoms with E-state index < -0.39 is 0 Å². The highest BCUT2D eigenvalue weighted by Crippen LogP contribution is 2.26.